The second-order valence-corrected chi connectivity index (χ2v) is 8.67. The third kappa shape index (κ3) is 2.40. The Labute approximate surface area is 148 Å². The summed E-state index contributed by atoms with van der Waals surface area (Å²) < 4.78 is 18.5. The van der Waals surface area contributed by atoms with Crippen molar-refractivity contribution in [1.82, 2.24) is 0 Å². The molecule has 0 amide bonds. The first-order valence-corrected chi connectivity index (χ1v) is 9.46. The second-order valence-electron chi connectivity index (χ2n) is 8.67. The minimum Gasteiger partial charge on any atom is -0.462 e. The molecular weight excluding hydrogens is 319 g/mol. The predicted octanol–water partition coefficient (Wildman–Crippen LogP) is 5.20. The minimum absolute atomic E-state index is 0.0288. The summed E-state index contributed by atoms with van der Waals surface area (Å²) >= 11 is 0. The van der Waals surface area contributed by atoms with E-state index in [4.69, 9.17) is 4.74 Å². The van der Waals surface area contributed by atoms with E-state index in [1.165, 1.54) is 18.1 Å². The number of rotatable bonds is 2. The molecule has 2 saturated carbocycles. The van der Waals surface area contributed by atoms with E-state index in [-0.39, 0.29) is 22.9 Å². The van der Waals surface area contributed by atoms with Crippen molar-refractivity contribution >= 4 is 5.97 Å². The smallest absolute Gasteiger partial charge is 0.302 e. The Balaban J connectivity index is 1.60. The lowest BCUT2D eigenvalue weighted by molar-refractivity contribution is -0.148. The summed E-state index contributed by atoms with van der Waals surface area (Å²) in [5, 5.41) is 0. The lowest BCUT2D eigenvalue weighted by Gasteiger charge is -2.55. The van der Waals surface area contributed by atoms with Crippen LogP contribution in [0, 0.1) is 22.7 Å². The average molecular weight is 346 g/mol. The maximum atomic E-state index is 13.0. The summed E-state index contributed by atoms with van der Waals surface area (Å²) in [7, 11) is 0. The molecule has 0 radical (unpaired) electrons. The maximum absolute atomic E-state index is 13.0. The van der Waals surface area contributed by atoms with Gasteiger partial charge in [0.1, 0.15) is 6.10 Å². The lowest BCUT2D eigenvalue weighted by Crippen LogP contribution is -2.47. The van der Waals surface area contributed by atoms with Crippen molar-refractivity contribution in [1.29, 1.82) is 0 Å². The van der Waals surface area contributed by atoms with E-state index >= 15 is 0 Å². The van der Waals surface area contributed by atoms with Crippen molar-refractivity contribution in [2.24, 2.45) is 22.7 Å². The summed E-state index contributed by atoms with van der Waals surface area (Å²) in [5.41, 5.74) is 2.70. The van der Waals surface area contributed by atoms with Crippen LogP contribution in [-0.4, -0.2) is 12.1 Å². The molecule has 0 aliphatic heterocycles. The van der Waals surface area contributed by atoms with E-state index in [2.05, 4.69) is 30.9 Å². The van der Waals surface area contributed by atoms with Crippen LogP contribution in [0.25, 0.3) is 0 Å². The van der Waals surface area contributed by atoms with Gasteiger partial charge in [0.2, 0.25) is 0 Å². The number of halogens is 1. The molecule has 0 aromatic carbocycles. The number of hydrogen-bond acceptors (Lipinski definition) is 3. The van der Waals surface area contributed by atoms with E-state index in [1.807, 2.05) is 6.08 Å². The van der Waals surface area contributed by atoms with Crippen molar-refractivity contribution in [3.05, 3.63) is 35.1 Å². The van der Waals surface area contributed by atoms with Crippen LogP contribution in [0.2, 0.25) is 0 Å². The van der Waals surface area contributed by atoms with E-state index in [9.17, 15) is 9.32 Å². The van der Waals surface area contributed by atoms with E-state index in [1.54, 1.807) is 0 Å². The molecule has 5 atom stereocenters. The van der Waals surface area contributed by atoms with Crippen molar-refractivity contribution < 1.29 is 19.0 Å². The van der Waals surface area contributed by atoms with Crippen LogP contribution in [-0.2, 0) is 14.5 Å². The summed E-state index contributed by atoms with van der Waals surface area (Å²) in [5.74, 6) is 1.33. The first kappa shape index (κ1) is 16.9. The molecule has 0 bridgehead atoms. The molecule has 0 N–H and O–H groups in total. The Morgan fingerprint density at radius 1 is 1.24 bits per heavy atom. The summed E-state index contributed by atoms with van der Waals surface area (Å²) in [6.45, 7) is 6.00. The zero-order chi connectivity index (χ0) is 17.8. The van der Waals surface area contributed by atoms with E-state index in [0.717, 1.165) is 38.5 Å². The molecule has 4 aliphatic rings. The predicted molar refractivity (Wildman–Crippen MR) is 92.9 cm³/mol. The molecule has 2 fully saturated rings. The monoisotopic (exact) mass is 346 g/mol. The van der Waals surface area contributed by atoms with Crippen LogP contribution < -0.4 is 0 Å². The molecule has 25 heavy (non-hydrogen) atoms. The number of allylic oxidation sites excluding steroid dienone is 4. The van der Waals surface area contributed by atoms with Crippen LogP contribution in [0.4, 0.5) is 4.53 Å². The quantitative estimate of drug-likeness (QED) is 0.509. The SMILES string of the molecule is CC(=O)O[C@H]1CC[C@@]2(C)C(=CC[C@H]3C4=CC=C(OF)[C@@]4(C)CC[C@@H]32)C1. The Bertz CT molecular complexity index is 691. The molecule has 4 rings (SSSR count). The Morgan fingerprint density at radius 2 is 2.04 bits per heavy atom. The fourth-order valence-corrected chi connectivity index (χ4v) is 6.05. The molecule has 0 aromatic heterocycles. The number of esters is 1. The highest BCUT2D eigenvalue weighted by Crippen LogP contribution is 2.63. The average Bonchev–Trinajstić information content (AvgIpc) is 2.91. The summed E-state index contributed by atoms with van der Waals surface area (Å²) in [6.07, 6.45) is 12.2. The molecule has 0 aromatic rings. The van der Waals surface area contributed by atoms with Gasteiger partial charge in [-0.15, -0.1) is 0 Å². The van der Waals surface area contributed by atoms with Crippen molar-refractivity contribution in [2.45, 2.75) is 65.4 Å². The molecule has 0 unspecified atom stereocenters. The Morgan fingerprint density at radius 3 is 2.76 bits per heavy atom. The van der Waals surface area contributed by atoms with Gasteiger partial charge in [0.05, 0.1) is 5.41 Å². The largest absolute Gasteiger partial charge is 0.462 e. The molecule has 136 valence electrons. The van der Waals surface area contributed by atoms with Crippen molar-refractivity contribution in [3.63, 3.8) is 0 Å². The van der Waals surface area contributed by atoms with Gasteiger partial charge in [-0.2, -0.15) is 0 Å². The van der Waals surface area contributed by atoms with Gasteiger partial charge in [-0.1, -0.05) is 30.2 Å². The van der Waals surface area contributed by atoms with Gasteiger partial charge in [0.25, 0.3) is 0 Å². The summed E-state index contributed by atoms with van der Waals surface area (Å²) in [6, 6.07) is 0. The van der Waals surface area contributed by atoms with Gasteiger partial charge in [-0.05, 0) is 62.4 Å². The Hall–Kier alpha value is -1.58. The second kappa shape index (κ2) is 5.72. The lowest BCUT2D eigenvalue weighted by atomic mass is 9.49. The molecule has 4 heteroatoms. The topological polar surface area (TPSA) is 35.5 Å². The van der Waals surface area contributed by atoms with Gasteiger partial charge in [-0.25, -0.2) is 0 Å². The van der Waals surface area contributed by atoms with Crippen LogP contribution in [0.15, 0.2) is 35.1 Å². The van der Waals surface area contributed by atoms with Crippen LogP contribution in [0.5, 0.6) is 0 Å². The number of fused-ring (bicyclic) bond motifs is 5. The summed E-state index contributed by atoms with van der Waals surface area (Å²) in [4.78, 5) is 15.5. The maximum Gasteiger partial charge on any atom is 0.302 e. The van der Waals surface area contributed by atoms with Crippen LogP contribution >= 0.6 is 0 Å². The van der Waals surface area contributed by atoms with Crippen molar-refractivity contribution in [2.75, 3.05) is 0 Å². The molecule has 0 spiro atoms. The first-order valence-electron chi connectivity index (χ1n) is 9.46. The third-order valence-corrected chi connectivity index (χ3v) is 7.45. The highest BCUT2D eigenvalue weighted by atomic mass is 19.3. The van der Waals surface area contributed by atoms with Gasteiger partial charge in [-0.3, -0.25) is 9.74 Å². The minimum atomic E-state index is -0.271. The zero-order valence-corrected chi connectivity index (χ0v) is 15.3. The van der Waals surface area contributed by atoms with Gasteiger partial charge < -0.3 is 4.74 Å². The molecule has 0 heterocycles. The highest BCUT2D eigenvalue weighted by Gasteiger charge is 2.55. The van der Waals surface area contributed by atoms with E-state index < -0.39 is 0 Å². The molecule has 4 aliphatic carbocycles. The number of carbonyl (C=O) groups excluding carboxylic acids is 1. The first-order chi connectivity index (χ1) is 11.9. The van der Waals surface area contributed by atoms with Gasteiger partial charge in [0, 0.05) is 17.9 Å². The fourth-order valence-electron chi connectivity index (χ4n) is 6.05. The molecule has 0 saturated heterocycles. The zero-order valence-electron chi connectivity index (χ0n) is 15.3. The Kier molecular flexibility index (Phi) is 3.86. The normalized spacial score (nSPS) is 42.2. The van der Waals surface area contributed by atoms with Gasteiger partial charge in [0.15, 0.2) is 5.76 Å². The third-order valence-electron chi connectivity index (χ3n) is 7.45. The molecular formula is C21H27FO3. The standard InChI is InChI=1S/C21H27FO3/c1-13(23)24-15-8-10-20(2)14(12-15)4-5-16-17-6-7-19(25-22)21(17,3)11-9-18(16)20/h4,6-7,15-16,18H,5,8-12H2,1-3H3/t15-,16-,18-,20-,21-/m0/s1. The van der Waals surface area contributed by atoms with Crippen LogP contribution in [0.3, 0.4) is 0 Å². The van der Waals surface area contributed by atoms with E-state index in [0.29, 0.717) is 17.6 Å². The molecule has 3 nitrogen and oxygen atoms in total. The fraction of sp³-hybridized carbons (Fsp3) is 0.667. The van der Waals surface area contributed by atoms with Gasteiger partial charge >= 0.3 is 5.97 Å². The number of ether oxygens (including phenoxy) is 1. The van der Waals surface area contributed by atoms with Crippen molar-refractivity contribution in [3.8, 4) is 0 Å². The number of hydrogen-bond donors (Lipinski definition) is 0. The highest BCUT2D eigenvalue weighted by molar-refractivity contribution is 5.66. The van der Waals surface area contributed by atoms with Crippen LogP contribution in [0.1, 0.15) is 59.3 Å². The number of carbonyl (C=O) groups is 1.